The van der Waals surface area contributed by atoms with E-state index in [9.17, 15) is 0 Å². The average molecular weight is 291 g/mol. The summed E-state index contributed by atoms with van der Waals surface area (Å²) in [6.07, 6.45) is 4.28. The smallest absolute Gasteiger partial charge is 0.124 e. The van der Waals surface area contributed by atoms with E-state index in [4.69, 9.17) is 21.1 Å². The van der Waals surface area contributed by atoms with E-state index in [0.29, 0.717) is 11.6 Å². The first-order valence-electron chi connectivity index (χ1n) is 6.44. The monoisotopic (exact) mass is 290 g/mol. The Bertz CT molecular complexity index is 619. The van der Waals surface area contributed by atoms with Crippen LogP contribution in [0, 0.1) is 0 Å². The number of halogens is 1. The summed E-state index contributed by atoms with van der Waals surface area (Å²) in [6, 6.07) is 7.74. The van der Waals surface area contributed by atoms with Crippen LogP contribution in [0.15, 0.2) is 36.7 Å². The van der Waals surface area contributed by atoms with Crippen LogP contribution in [-0.2, 0) is 0 Å². The summed E-state index contributed by atoms with van der Waals surface area (Å²) in [5.41, 5.74) is 1.91. The van der Waals surface area contributed by atoms with Gasteiger partial charge in [-0.25, -0.2) is 0 Å². The minimum absolute atomic E-state index is 0.135. The maximum Gasteiger partial charge on any atom is 0.124 e. The number of pyridine rings is 1. The standard InChI is InChI=1S/C15H15ClN2O2/c1-19-10-2-3-15-11(8-10)13(5-7-20-15)18-14-9-17-6-4-12(14)16/h2-4,6,8-9,13,18H,5,7H2,1H3. The van der Waals surface area contributed by atoms with Gasteiger partial charge in [-0.1, -0.05) is 11.6 Å². The molecule has 0 fully saturated rings. The zero-order chi connectivity index (χ0) is 13.9. The molecule has 0 amide bonds. The van der Waals surface area contributed by atoms with Crippen molar-refractivity contribution in [3.8, 4) is 11.5 Å². The Morgan fingerprint density at radius 3 is 3.10 bits per heavy atom. The van der Waals surface area contributed by atoms with Crippen LogP contribution in [0.1, 0.15) is 18.0 Å². The molecule has 0 spiro atoms. The number of benzene rings is 1. The predicted octanol–water partition coefficient (Wildman–Crippen LogP) is 3.68. The quantitative estimate of drug-likeness (QED) is 0.936. The van der Waals surface area contributed by atoms with Crippen LogP contribution in [0.4, 0.5) is 5.69 Å². The topological polar surface area (TPSA) is 43.4 Å². The number of ether oxygens (including phenoxy) is 2. The van der Waals surface area contributed by atoms with E-state index in [1.807, 2.05) is 18.2 Å². The molecule has 1 aromatic heterocycles. The summed E-state index contributed by atoms with van der Waals surface area (Å²) in [5.74, 6) is 1.70. The summed E-state index contributed by atoms with van der Waals surface area (Å²) in [5, 5.41) is 4.09. The van der Waals surface area contributed by atoms with Gasteiger partial charge >= 0.3 is 0 Å². The Labute approximate surface area is 122 Å². The molecule has 2 aromatic rings. The lowest BCUT2D eigenvalue weighted by molar-refractivity contribution is 0.273. The van der Waals surface area contributed by atoms with Crippen molar-refractivity contribution < 1.29 is 9.47 Å². The first-order valence-corrected chi connectivity index (χ1v) is 6.82. The predicted molar refractivity (Wildman–Crippen MR) is 78.7 cm³/mol. The summed E-state index contributed by atoms with van der Waals surface area (Å²) in [7, 11) is 1.66. The van der Waals surface area contributed by atoms with E-state index in [0.717, 1.165) is 29.2 Å². The van der Waals surface area contributed by atoms with E-state index < -0.39 is 0 Å². The van der Waals surface area contributed by atoms with Crippen LogP contribution in [0.2, 0.25) is 5.02 Å². The summed E-state index contributed by atoms with van der Waals surface area (Å²) < 4.78 is 11.0. The zero-order valence-electron chi connectivity index (χ0n) is 11.1. The van der Waals surface area contributed by atoms with Gasteiger partial charge in [-0.2, -0.15) is 0 Å². The highest BCUT2D eigenvalue weighted by Crippen LogP contribution is 2.37. The minimum Gasteiger partial charge on any atom is -0.497 e. The lowest BCUT2D eigenvalue weighted by Crippen LogP contribution is -2.20. The third-order valence-electron chi connectivity index (χ3n) is 3.35. The van der Waals surface area contributed by atoms with Gasteiger partial charge in [0.05, 0.1) is 36.7 Å². The fourth-order valence-corrected chi connectivity index (χ4v) is 2.48. The number of methoxy groups -OCH3 is 1. The van der Waals surface area contributed by atoms with Crippen molar-refractivity contribution in [2.45, 2.75) is 12.5 Å². The summed E-state index contributed by atoms with van der Waals surface area (Å²) >= 11 is 6.17. The number of aromatic nitrogens is 1. The Kier molecular flexibility index (Phi) is 3.65. The molecule has 1 aliphatic heterocycles. The van der Waals surface area contributed by atoms with Crippen LogP contribution in [-0.4, -0.2) is 18.7 Å². The summed E-state index contributed by atoms with van der Waals surface area (Å²) in [4.78, 5) is 4.10. The number of hydrogen-bond donors (Lipinski definition) is 1. The Hall–Kier alpha value is -1.94. The number of nitrogens with one attached hydrogen (secondary N) is 1. The first-order chi connectivity index (χ1) is 9.78. The molecule has 0 saturated carbocycles. The molecule has 1 unspecified atom stereocenters. The average Bonchev–Trinajstić information content (AvgIpc) is 2.49. The molecule has 0 saturated heterocycles. The van der Waals surface area contributed by atoms with Gasteiger partial charge in [0.2, 0.25) is 0 Å². The lowest BCUT2D eigenvalue weighted by atomic mass is 10.00. The van der Waals surface area contributed by atoms with Crippen LogP contribution in [0.5, 0.6) is 11.5 Å². The normalized spacial score (nSPS) is 17.0. The van der Waals surface area contributed by atoms with Crippen molar-refractivity contribution in [1.82, 2.24) is 4.98 Å². The fraction of sp³-hybridized carbons (Fsp3) is 0.267. The van der Waals surface area contributed by atoms with Crippen molar-refractivity contribution in [2.75, 3.05) is 19.0 Å². The third kappa shape index (κ3) is 2.51. The maximum absolute atomic E-state index is 6.17. The Morgan fingerprint density at radius 1 is 1.40 bits per heavy atom. The van der Waals surface area contributed by atoms with Gasteiger partial charge in [0, 0.05) is 18.2 Å². The van der Waals surface area contributed by atoms with Gasteiger partial charge in [-0.15, -0.1) is 0 Å². The van der Waals surface area contributed by atoms with Crippen LogP contribution in [0.3, 0.4) is 0 Å². The Balaban J connectivity index is 1.91. The molecule has 0 radical (unpaired) electrons. The molecule has 1 aliphatic rings. The number of fused-ring (bicyclic) bond motifs is 1. The van der Waals surface area contributed by atoms with Gasteiger partial charge in [0.15, 0.2) is 0 Å². The van der Waals surface area contributed by atoms with E-state index >= 15 is 0 Å². The van der Waals surface area contributed by atoms with Crippen molar-refractivity contribution in [1.29, 1.82) is 0 Å². The molecule has 5 heteroatoms. The van der Waals surface area contributed by atoms with Crippen molar-refractivity contribution in [3.63, 3.8) is 0 Å². The molecule has 1 atom stereocenters. The Morgan fingerprint density at radius 2 is 2.30 bits per heavy atom. The SMILES string of the molecule is COc1ccc2c(c1)C(Nc1cnccc1Cl)CCO2. The third-order valence-corrected chi connectivity index (χ3v) is 3.68. The second-order valence-electron chi connectivity index (χ2n) is 4.59. The maximum atomic E-state index is 6.17. The van der Waals surface area contributed by atoms with Gasteiger partial charge in [0.25, 0.3) is 0 Å². The highest BCUT2D eigenvalue weighted by atomic mass is 35.5. The molecule has 104 valence electrons. The van der Waals surface area contributed by atoms with Gasteiger partial charge < -0.3 is 14.8 Å². The van der Waals surface area contributed by atoms with Crippen molar-refractivity contribution >= 4 is 17.3 Å². The molecule has 2 heterocycles. The van der Waals surface area contributed by atoms with Crippen molar-refractivity contribution in [2.24, 2.45) is 0 Å². The van der Waals surface area contributed by atoms with Crippen LogP contribution in [0.25, 0.3) is 0 Å². The van der Waals surface area contributed by atoms with E-state index in [1.54, 1.807) is 25.6 Å². The zero-order valence-corrected chi connectivity index (χ0v) is 11.9. The van der Waals surface area contributed by atoms with Crippen LogP contribution >= 0.6 is 11.6 Å². The number of nitrogens with zero attached hydrogens (tertiary/aromatic N) is 1. The molecule has 3 rings (SSSR count). The summed E-state index contributed by atoms with van der Waals surface area (Å²) in [6.45, 7) is 0.675. The van der Waals surface area contributed by atoms with Crippen LogP contribution < -0.4 is 14.8 Å². The number of anilines is 1. The van der Waals surface area contributed by atoms with E-state index in [2.05, 4.69) is 10.3 Å². The number of hydrogen-bond acceptors (Lipinski definition) is 4. The van der Waals surface area contributed by atoms with Gasteiger partial charge in [0.1, 0.15) is 11.5 Å². The molecule has 4 nitrogen and oxygen atoms in total. The molecule has 1 aromatic carbocycles. The second kappa shape index (κ2) is 5.59. The van der Waals surface area contributed by atoms with Crippen molar-refractivity contribution in [3.05, 3.63) is 47.2 Å². The molecule has 0 aliphatic carbocycles. The molecule has 1 N–H and O–H groups in total. The molecule has 20 heavy (non-hydrogen) atoms. The van der Waals surface area contributed by atoms with Gasteiger partial charge in [-0.05, 0) is 24.3 Å². The lowest BCUT2D eigenvalue weighted by Gasteiger charge is -2.28. The minimum atomic E-state index is 0.135. The molecular formula is C15H15ClN2O2. The highest BCUT2D eigenvalue weighted by molar-refractivity contribution is 6.33. The van der Waals surface area contributed by atoms with E-state index in [-0.39, 0.29) is 6.04 Å². The second-order valence-corrected chi connectivity index (χ2v) is 5.00. The van der Waals surface area contributed by atoms with Gasteiger partial charge in [-0.3, -0.25) is 4.98 Å². The molecular weight excluding hydrogens is 276 g/mol. The molecule has 0 bridgehead atoms. The first kappa shape index (κ1) is 13.1. The number of rotatable bonds is 3. The van der Waals surface area contributed by atoms with E-state index in [1.165, 1.54) is 0 Å². The highest BCUT2D eigenvalue weighted by Gasteiger charge is 2.22. The fourth-order valence-electron chi connectivity index (χ4n) is 2.32. The largest absolute Gasteiger partial charge is 0.497 e.